The number of carbonyl (C=O) groups excluding carboxylic acids is 1. The summed E-state index contributed by atoms with van der Waals surface area (Å²) in [7, 11) is 3.07. The Morgan fingerprint density at radius 3 is 2.39 bits per heavy atom. The van der Waals surface area contributed by atoms with Crippen LogP contribution in [0.5, 0.6) is 23.0 Å². The number of halogens is 1. The van der Waals surface area contributed by atoms with Crippen molar-refractivity contribution in [3.05, 3.63) is 93.8 Å². The van der Waals surface area contributed by atoms with Gasteiger partial charge < -0.3 is 24.7 Å². The summed E-state index contributed by atoms with van der Waals surface area (Å²) in [5.74, 6) is 0.768. The molecular weight excluding hydrogens is 444 g/mol. The Morgan fingerprint density at radius 1 is 1.03 bits per heavy atom. The molecule has 2 N–H and O–H groups in total. The standard InChI is InChI=1S/C25H19ClN2O5/c1-30-16-6-3-14(4-7-16)23-18-9-8-17(12-22(18)33-24(28)19(23)13-27)32-25(29)15-5-10-21(31-2)20(26)11-15/h3-12,23H,28H2,1-2H3/t23-/m0/s1. The zero-order chi connectivity index (χ0) is 23.5. The second-order valence-electron chi connectivity index (χ2n) is 7.14. The molecular formula is C25H19ClN2O5. The number of hydrogen-bond donors (Lipinski definition) is 1. The van der Waals surface area contributed by atoms with Crippen LogP contribution < -0.4 is 24.7 Å². The van der Waals surface area contributed by atoms with E-state index >= 15 is 0 Å². The number of benzene rings is 3. The average molecular weight is 463 g/mol. The number of rotatable bonds is 5. The van der Waals surface area contributed by atoms with Gasteiger partial charge in [0.05, 0.1) is 30.7 Å². The maximum atomic E-state index is 12.6. The lowest BCUT2D eigenvalue weighted by atomic mass is 9.83. The molecule has 0 aromatic heterocycles. The normalized spacial score (nSPS) is 14.5. The molecule has 0 aliphatic carbocycles. The summed E-state index contributed by atoms with van der Waals surface area (Å²) in [5, 5.41) is 9.99. The smallest absolute Gasteiger partial charge is 0.343 e. The molecule has 3 aromatic rings. The third-order valence-corrected chi connectivity index (χ3v) is 5.53. The zero-order valence-electron chi connectivity index (χ0n) is 17.8. The number of fused-ring (bicyclic) bond motifs is 1. The number of carbonyl (C=O) groups is 1. The highest BCUT2D eigenvalue weighted by atomic mass is 35.5. The number of nitrogens with two attached hydrogens (primary N) is 1. The number of hydrogen-bond acceptors (Lipinski definition) is 7. The Balaban J connectivity index is 1.65. The SMILES string of the molecule is COc1ccc([C@@H]2C(C#N)=C(N)Oc3cc(OC(=O)c4ccc(OC)c(Cl)c4)ccc32)cc1. The van der Waals surface area contributed by atoms with Crippen molar-refractivity contribution in [3.63, 3.8) is 0 Å². The first kappa shape index (κ1) is 22.1. The molecule has 8 heteroatoms. The summed E-state index contributed by atoms with van der Waals surface area (Å²) < 4.78 is 21.5. The second-order valence-corrected chi connectivity index (χ2v) is 7.54. The van der Waals surface area contributed by atoms with Crippen LogP contribution in [0.3, 0.4) is 0 Å². The quantitative estimate of drug-likeness (QED) is 0.429. The molecule has 33 heavy (non-hydrogen) atoms. The lowest BCUT2D eigenvalue weighted by Crippen LogP contribution is -2.21. The summed E-state index contributed by atoms with van der Waals surface area (Å²) in [6.45, 7) is 0. The maximum absolute atomic E-state index is 12.6. The van der Waals surface area contributed by atoms with Gasteiger partial charge >= 0.3 is 5.97 Å². The molecule has 1 heterocycles. The van der Waals surface area contributed by atoms with Gasteiger partial charge in [-0.25, -0.2) is 4.79 Å². The van der Waals surface area contributed by atoms with E-state index in [9.17, 15) is 10.1 Å². The van der Waals surface area contributed by atoms with E-state index in [0.29, 0.717) is 27.8 Å². The molecule has 0 saturated carbocycles. The first-order chi connectivity index (χ1) is 15.9. The van der Waals surface area contributed by atoms with Gasteiger partial charge in [0.15, 0.2) is 0 Å². The van der Waals surface area contributed by atoms with Crippen LogP contribution in [0.4, 0.5) is 0 Å². The van der Waals surface area contributed by atoms with Crippen molar-refractivity contribution < 1.29 is 23.7 Å². The second kappa shape index (κ2) is 9.15. The van der Waals surface area contributed by atoms with Crippen molar-refractivity contribution in [2.24, 2.45) is 5.73 Å². The molecule has 166 valence electrons. The topological polar surface area (TPSA) is 104 Å². The maximum Gasteiger partial charge on any atom is 0.343 e. The summed E-state index contributed by atoms with van der Waals surface area (Å²) in [6, 6.07) is 19.1. The first-order valence-corrected chi connectivity index (χ1v) is 10.2. The fraction of sp³-hybridized carbons (Fsp3) is 0.120. The van der Waals surface area contributed by atoms with Crippen molar-refractivity contribution in [2.45, 2.75) is 5.92 Å². The summed E-state index contributed by atoms with van der Waals surface area (Å²) >= 11 is 6.10. The van der Waals surface area contributed by atoms with Crippen LogP contribution in [0.1, 0.15) is 27.4 Å². The van der Waals surface area contributed by atoms with Gasteiger partial charge in [0.2, 0.25) is 5.88 Å². The van der Waals surface area contributed by atoms with Crippen LogP contribution in [0.25, 0.3) is 0 Å². The van der Waals surface area contributed by atoms with Crippen LogP contribution >= 0.6 is 11.6 Å². The van der Waals surface area contributed by atoms with Crippen molar-refractivity contribution in [1.82, 2.24) is 0 Å². The third-order valence-electron chi connectivity index (χ3n) is 5.24. The molecule has 7 nitrogen and oxygen atoms in total. The van der Waals surface area contributed by atoms with Crippen molar-refractivity contribution in [3.8, 4) is 29.1 Å². The van der Waals surface area contributed by atoms with Gasteiger partial charge in [-0.3, -0.25) is 0 Å². The van der Waals surface area contributed by atoms with Gasteiger partial charge in [-0.2, -0.15) is 5.26 Å². The van der Waals surface area contributed by atoms with E-state index in [-0.39, 0.29) is 17.2 Å². The van der Waals surface area contributed by atoms with Gasteiger partial charge in [0.25, 0.3) is 0 Å². The largest absolute Gasteiger partial charge is 0.497 e. The molecule has 3 aromatic carbocycles. The number of methoxy groups -OCH3 is 2. The monoisotopic (exact) mass is 462 g/mol. The number of allylic oxidation sites excluding steroid dienone is 1. The van der Waals surface area contributed by atoms with E-state index in [2.05, 4.69) is 6.07 Å². The third kappa shape index (κ3) is 4.29. The molecule has 0 fully saturated rings. The molecule has 1 aliphatic heterocycles. The minimum absolute atomic E-state index is 0.00349. The van der Waals surface area contributed by atoms with E-state index < -0.39 is 11.9 Å². The predicted molar refractivity (Wildman–Crippen MR) is 122 cm³/mol. The Morgan fingerprint density at radius 2 is 1.76 bits per heavy atom. The number of ether oxygens (including phenoxy) is 4. The molecule has 0 unspecified atom stereocenters. The first-order valence-electron chi connectivity index (χ1n) is 9.86. The minimum atomic E-state index is -0.594. The summed E-state index contributed by atoms with van der Waals surface area (Å²) in [6.07, 6.45) is 0. The van der Waals surface area contributed by atoms with Crippen LogP contribution in [-0.4, -0.2) is 20.2 Å². The van der Waals surface area contributed by atoms with E-state index in [1.165, 1.54) is 13.2 Å². The number of nitrogens with zero attached hydrogens (tertiary/aromatic N) is 1. The number of nitriles is 1. The molecule has 4 rings (SSSR count). The Labute approximate surface area is 195 Å². The van der Waals surface area contributed by atoms with Crippen LogP contribution in [0.2, 0.25) is 5.02 Å². The number of esters is 1. The summed E-state index contributed by atoms with van der Waals surface area (Å²) in [4.78, 5) is 12.6. The molecule has 0 spiro atoms. The van der Waals surface area contributed by atoms with Gasteiger partial charge in [-0.05, 0) is 42.0 Å². The highest BCUT2D eigenvalue weighted by molar-refractivity contribution is 6.32. The fourth-order valence-electron chi connectivity index (χ4n) is 3.60. The molecule has 0 amide bonds. The predicted octanol–water partition coefficient (Wildman–Crippen LogP) is 4.79. The highest BCUT2D eigenvalue weighted by Crippen LogP contribution is 2.43. The molecule has 0 radical (unpaired) electrons. The Bertz CT molecular complexity index is 1300. The van der Waals surface area contributed by atoms with E-state index in [1.807, 2.05) is 24.3 Å². The van der Waals surface area contributed by atoms with Crippen LogP contribution in [0.15, 0.2) is 72.1 Å². The van der Waals surface area contributed by atoms with E-state index in [1.54, 1.807) is 37.4 Å². The van der Waals surface area contributed by atoms with Gasteiger partial charge in [0.1, 0.15) is 34.6 Å². The van der Waals surface area contributed by atoms with Gasteiger partial charge in [-0.1, -0.05) is 29.8 Å². The minimum Gasteiger partial charge on any atom is -0.497 e. The van der Waals surface area contributed by atoms with Crippen molar-refractivity contribution >= 4 is 17.6 Å². The Hall–Kier alpha value is -4.15. The van der Waals surface area contributed by atoms with E-state index in [4.69, 9.17) is 36.3 Å². The van der Waals surface area contributed by atoms with Crippen molar-refractivity contribution in [1.29, 1.82) is 5.26 Å². The molecule has 0 bridgehead atoms. The molecule has 1 aliphatic rings. The van der Waals surface area contributed by atoms with Gasteiger partial charge in [-0.15, -0.1) is 0 Å². The summed E-state index contributed by atoms with van der Waals surface area (Å²) in [5.41, 5.74) is 8.18. The van der Waals surface area contributed by atoms with E-state index in [0.717, 1.165) is 11.1 Å². The van der Waals surface area contributed by atoms with Crippen LogP contribution in [0, 0.1) is 11.3 Å². The average Bonchev–Trinajstić information content (AvgIpc) is 2.83. The molecule has 0 saturated heterocycles. The highest BCUT2D eigenvalue weighted by Gasteiger charge is 2.31. The molecule has 1 atom stereocenters. The zero-order valence-corrected chi connectivity index (χ0v) is 18.6. The fourth-order valence-corrected chi connectivity index (χ4v) is 3.86. The lowest BCUT2D eigenvalue weighted by Gasteiger charge is -2.26. The lowest BCUT2D eigenvalue weighted by molar-refractivity contribution is 0.0734. The van der Waals surface area contributed by atoms with Crippen molar-refractivity contribution in [2.75, 3.05) is 14.2 Å². The van der Waals surface area contributed by atoms with Crippen LogP contribution in [-0.2, 0) is 0 Å². The van der Waals surface area contributed by atoms with Gasteiger partial charge in [0, 0.05) is 11.6 Å². The Kier molecular flexibility index (Phi) is 6.11.